The number of nitrogens with one attached hydrogen (secondary N) is 1. The van der Waals surface area contributed by atoms with E-state index >= 15 is 0 Å². The second-order valence-electron chi connectivity index (χ2n) is 5.16. The number of benzene rings is 1. The van der Waals surface area contributed by atoms with Crippen molar-refractivity contribution < 1.29 is 9.15 Å². The zero-order valence-corrected chi connectivity index (χ0v) is 13.1. The van der Waals surface area contributed by atoms with E-state index in [2.05, 4.69) is 35.8 Å². The molecule has 3 aromatic rings. The molecule has 110 valence electrons. The Hall–Kier alpha value is -1.78. The average Bonchev–Trinajstić information content (AvgIpc) is 3.13. The van der Waals surface area contributed by atoms with Gasteiger partial charge in [-0.25, -0.2) is 0 Å². The molecule has 0 aliphatic carbocycles. The maximum atomic E-state index is 5.89. The van der Waals surface area contributed by atoms with E-state index in [1.807, 2.05) is 18.2 Å². The van der Waals surface area contributed by atoms with Gasteiger partial charge in [0.15, 0.2) is 11.3 Å². The van der Waals surface area contributed by atoms with Gasteiger partial charge in [-0.2, -0.15) is 0 Å². The second kappa shape index (κ2) is 6.33. The molecular formula is C17H19NO2S. The Bertz CT molecular complexity index is 703. The Labute approximate surface area is 128 Å². The third-order valence-corrected chi connectivity index (χ3v) is 4.39. The van der Waals surface area contributed by atoms with Gasteiger partial charge in [-0.3, -0.25) is 0 Å². The fraction of sp³-hybridized carbons (Fsp3) is 0.294. The van der Waals surface area contributed by atoms with Gasteiger partial charge in [0.2, 0.25) is 0 Å². The van der Waals surface area contributed by atoms with E-state index in [0.29, 0.717) is 6.04 Å². The highest BCUT2D eigenvalue weighted by Gasteiger charge is 2.10. The second-order valence-corrected chi connectivity index (χ2v) is 6.19. The van der Waals surface area contributed by atoms with Crippen LogP contribution in [-0.4, -0.2) is 13.2 Å². The minimum Gasteiger partial charge on any atom is -0.493 e. The molecule has 0 fully saturated rings. The van der Waals surface area contributed by atoms with Crippen LogP contribution in [0.3, 0.4) is 0 Å². The molecule has 1 unspecified atom stereocenters. The Morgan fingerprint density at radius 1 is 1.29 bits per heavy atom. The molecule has 1 N–H and O–H groups in total. The largest absolute Gasteiger partial charge is 0.493 e. The van der Waals surface area contributed by atoms with E-state index in [4.69, 9.17) is 9.15 Å². The lowest BCUT2D eigenvalue weighted by molar-refractivity contribution is 0.404. The summed E-state index contributed by atoms with van der Waals surface area (Å²) in [5.41, 5.74) is 0.822. The summed E-state index contributed by atoms with van der Waals surface area (Å²) in [6.07, 6.45) is 1.04. The highest BCUT2D eigenvalue weighted by atomic mass is 32.1. The van der Waals surface area contributed by atoms with Crippen molar-refractivity contribution in [2.75, 3.05) is 7.11 Å². The molecule has 0 amide bonds. The summed E-state index contributed by atoms with van der Waals surface area (Å²) in [6, 6.07) is 12.7. The summed E-state index contributed by atoms with van der Waals surface area (Å²) < 4.78 is 11.2. The Morgan fingerprint density at radius 2 is 2.19 bits per heavy atom. The van der Waals surface area contributed by atoms with Gasteiger partial charge in [0.1, 0.15) is 5.76 Å². The van der Waals surface area contributed by atoms with Crippen LogP contribution < -0.4 is 10.1 Å². The number of fused-ring (bicyclic) bond motifs is 1. The number of rotatable bonds is 6. The first kappa shape index (κ1) is 14.2. The van der Waals surface area contributed by atoms with Crippen molar-refractivity contribution in [1.82, 2.24) is 5.32 Å². The smallest absolute Gasteiger partial charge is 0.176 e. The molecule has 0 saturated heterocycles. The number of furan rings is 1. The lowest BCUT2D eigenvalue weighted by Crippen LogP contribution is -2.27. The van der Waals surface area contributed by atoms with Crippen molar-refractivity contribution >= 4 is 22.3 Å². The fourth-order valence-electron chi connectivity index (χ4n) is 2.42. The van der Waals surface area contributed by atoms with Crippen molar-refractivity contribution in [2.45, 2.75) is 25.9 Å². The number of para-hydroxylation sites is 1. The third-order valence-electron chi connectivity index (χ3n) is 3.49. The molecule has 0 spiro atoms. The number of hydrogen-bond acceptors (Lipinski definition) is 4. The summed E-state index contributed by atoms with van der Waals surface area (Å²) in [7, 11) is 1.66. The zero-order valence-electron chi connectivity index (χ0n) is 12.3. The first-order chi connectivity index (χ1) is 10.3. The highest BCUT2D eigenvalue weighted by molar-refractivity contribution is 7.09. The minimum absolute atomic E-state index is 0.416. The lowest BCUT2D eigenvalue weighted by Gasteiger charge is -2.11. The van der Waals surface area contributed by atoms with Crippen molar-refractivity contribution in [2.24, 2.45) is 0 Å². The van der Waals surface area contributed by atoms with Crippen molar-refractivity contribution in [3.63, 3.8) is 0 Å². The molecule has 0 aliphatic heterocycles. The minimum atomic E-state index is 0.416. The van der Waals surface area contributed by atoms with Crippen LogP contribution in [0.1, 0.15) is 17.6 Å². The van der Waals surface area contributed by atoms with Gasteiger partial charge in [0.05, 0.1) is 13.7 Å². The molecule has 0 aliphatic rings. The molecule has 21 heavy (non-hydrogen) atoms. The standard InChI is InChI=1S/C17H19NO2S/c1-12(9-15-6-4-8-21-15)18-11-14-10-13-5-3-7-16(19-2)17(13)20-14/h3-8,10,12,18H,9,11H2,1-2H3. The molecule has 0 bridgehead atoms. The van der Waals surface area contributed by atoms with E-state index in [-0.39, 0.29) is 0 Å². The zero-order chi connectivity index (χ0) is 14.7. The summed E-state index contributed by atoms with van der Waals surface area (Å²) >= 11 is 1.80. The van der Waals surface area contributed by atoms with Gasteiger partial charge < -0.3 is 14.5 Å². The third kappa shape index (κ3) is 3.28. The van der Waals surface area contributed by atoms with E-state index in [1.54, 1.807) is 18.4 Å². The quantitative estimate of drug-likeness (QED) is 0.740. The molecule has 4 heteroatoms. The topological polar surface area (TPSA) is 34.4 Å². The summed E-state index contributed by atoms with van der Waals surface area (Å²) in [4.78, 5) is 1.40. The normalized spacial score (nSPS) is 12.7. The molecule has 0 saturated carbocycles. The van der Waals surface area contributed by atoms with Crippen LogP contribution in [0, 0.1) is 0 Å². The first-order valence-electron chi connectivity index (χ1n) is 7.07. The van der Waals surface area contributed by atoms with Gasteiger partial charge in [0.25, 0.3) is 0 Å². The maximum absolute atomic E-state index is 5.89. The van der Waals surface area contributed by atoms with E-state index < -0.39 is 0 Å². The van der Waals surface area contributed by atoms with Gasteiger partial charge in [-0.05, 0) is 36.9 Å². The van der Waals surface area contributed by atoms with Crippen LogP contribution in [0.4, 0.5) is 0 Å². The number of thiophene rings is 1. The maximum Gasteiger partial charge on any atom is 0.176 e. The predicted octanol–water partition coefficient (Wildman–Crippen LogP) is 4.22. The molecule has 2 aromatic heterocycles. The Kier molecular flexibility index (Phi) is 4.27. The molecule has 2 heterocycles. The van der Waals surface area contributed by atoms with E-state index in [0.717, 1.165) is 35.4 Å². The number of ether oxygens (including phenoxy) is 1. The summed E-state index contributed by atoms with van der Waals surface area (Å²) in [5.74, 6) is 1.72. The van der Waals surface area contributed by atoms with Crippen LogP contribution in [0.2, 0.25) is 0 Å². The molecule has 1 atom stereocenters. The number of methoxy groups -OCH3 is 1. The molecular weight excluding hydrogens is 282 g/mol. The van der Waals surface area contributed by atoms with Crippen molar-refractivity contribution in [1.29, 1.82) is 0 Å². The van der Waals surface area contributed by atoms with Gasteiger partial charge in [-0.1, -0.05) is 18.2 Å². The van der Waals surface area contributed by atoms with Crippen molar-refractivity contribution in [3.8, 4) is 5.75 Å². The van der Waals surface area contributed by atoms with Crippen LogP contribution >= 0.6 is 11.3 Å². The summed E-state index contributed by atoms with van der Waals surface area (Å²) in [5, 5.41) is 6.71. The monoisotopic (exact) mass is 301 g/mol. The van der Waals surface area contributed by atoms with Crippen LogP contribution in [0.25, 0.3) is 11.0 Å². The SMILES string of the molecule is COc1cccc2cc(CNC(C)Cc3cccs3)oc12. The molecule has 3 rings (SSSR count). The van der Waals surface area contributed by atoms with Crippen LogP contribution in [-0.2, 0) is 13.0 Å². The van der Waals surface area contributed by atoms with E-state index in [1.165, 1.54) is 4.88 Å². The Balaban J connectivity index is 1.65. The molecule has 0 radical (unpaired) electrons. The Morgan fingerprint density at radius 3 is 2.95 bits per heavy atom. The molecule has 3 nitrogen and oxygen atoms in total. The lowest BCUT2D eigenvalue weighted by atomic mass is 10.2. The summed E-state index contributed by atoms with van der Waals surface area (Å²) in [6.45, 7) is 2.92. The average molecular weight is 301 g/mol. The molecule has 1 aromatic carbocycles. The van der Waals surface area contributed by atoms with Crippen LogP contribution in [0.5, 0.6) is 5.75 Å². The highest BCUT2D eigenvalue weighted by Crippen LogP contribution is 2.28. The number of hydrogen-bond donors (Lipinski definition) is 1. The predicted molar refractivity (Wildman–Crippen MR) is 87.1 cm³/mol. The van der Waals surface area contributed by atoms with Gasteiger partial charge in [0, 0.05) is 16.3 Å². The fourth-order valence-corrected chi connectivity index (χ4v) is 3.25. The van der Waals surface area contributed by atoms with Gasteiger partial charge in [-0.15, -0.1) is 11.3 Å². The van der Waals surface area contributed by atoms with Gasteiger partial charge >= 0.3 is 0 Å². The first-order valence-corrected chi connectivity index (χ1v) is 7.95. The van der Waals surface area contributed by atoms with E-state index in [9.17, 15) is 0 Å². The van der Waals surface area contributed by atoms with Crippen molar-refractivity contribution in [3.05, 3.63) is 52.4 Å². The van der Waals surface area contributed by atoms with Crippen LogP contribution in [0.15, 0.2) is 46.2 Å².